The standard InChI is InChI=1S/C13H15FO2/c14-10-5-3-4-9(8-10)11-6-1-2-7-12(11)13(15)16/h3-5,8,11-12H,1-2,6-7H2,(H,15,16)/t11-,12+/m0/s1. The lowest BCUT2D eigenvalue weighted by atomic mass is 9.75. The summed E-state index contributed by atoms with van der Waals surface area (Å²) < 4.78 is 13.1. The van der Waals surface area contributed by atoms with Gasteiger partial charge in [0.1, 0.15) is 5.82 Å². The zero-order valence-corrected chi connectivity index (χ0v) is 9.03. The van der Waals surface area contributed by atoms with E-state index in [0.717, 1.165) is 24.8 Å². The number of carboxylic acids is 1. The van der Waals surface area contributed by atoms with Crippen molar-refractivity contribution in [3.63, 3.8) is 0 Å². The SMILES string of the molecule is O=C(O)[C@@H]1CCCC[C@H]1c1cccc(F)c1. The summed E-state index contributed by atoms with van der Waals surface area (Å²) in [4.78, 5) is 11.1. The third-order valence-electron chi connectivity index (χ3n) is 3.36. The molecule has 1 aliphatic carbocycles. The average Bonchev–Trinajstić information content (AvgIpc) is 2.29. The molecule has 0 heterocycles. The van der Waals surface area contributed by atoms with Crippen LogP contribution in [0.1, 0.15) is 37.2 Å². The van der Waals surface area contributed by atoms with Crippen LogP contribution >= 0.6 is 0 Å². The molecule has 0 aromatic heterocycles. The molecule has 1 aliphatic rings. The van der Waals surface area contributed by atoms with Crippen molar-refractivity contribution < 1.29 is 14.3 Å². The smallest absolute Gasteiger partial charge is 0.307 e. The minimum absolute atomic E-state index is 0.0260. The minimum Gasteiger partial charge on any atom is -0.481 e. The molecule has 1 N–H and O–H groups in total. The van der Waals surface area contributed by atoms with Gasteiger partial charge in [0.05, 0.1) is 5.92 Å². The summed E-state index contributed by atoms with van der Waals surface area (Å²) in [5.74, 6) is -1.42. The molecule has 0 saturated heterocycles. The summed E-state index contributed by atoms with van der Waals surface area (Å²) in [6, 6.07) is 6.33. The number of aliphatic carboxylic acids is 1. The molecule has 0 radical (unpaired) electrons. The lowest BCUT2D eigenvalue weighted by molar-refractivity contribution is -0.143. The maximum atomic E-state index is 13.1. The van der Waals surface area contributed by atoms with Crippen molar-refractivity contribution in [2.24, 2.45) is 5.92 Å². The Morgan fingerprint density at radius 3 is 2.75 bits per heavy atom. The van der Waals surface area contributed by atoms with E-state index in [1.807, 2.05) is 6.07 Å². The van der Waals surface area contributed by atoms with Crippen LogP contribution in [0.3, 0.4) is 0 Å². The third kappa shape index (κ3) is 2.23. The van der Waals surface area contributed by atoms with Crippen LogP contribution in [0.2, 0.25) is 0 Å². The van der Waals surface area contributed by atoms with E-state index < -0.39 is 5.97 Å². The van der Waals surface area contributed by atoms with Gasteiger partial charge >= 0.3 is 5.97 Å². The molecule has 1 aromatic carbocycles. The van der Waals surface area contributed by atoms with Crippen LogP contribution in [-0.4, -0.2) is 11.1 Å². The zero-order valence-electron chi connectivity index (χ0n) is 9.03. The second kappa shape index (κ2) is 4.64. The second-order valence-corrected chi connectivity index (χ2v) is 4.39. The first-order valence-corrected chi connectivity index (χ1v) is 5.67. The molecule has 1 fully saturated rings. The molecule has 2 rings (SSSR count). The van der Waals surface area contributed by atoms with Crippen LogP contribution < -0.4 is 0 Å². The molecule has 16 heavy (non-hydrogen) atoms. The first kappa shape index (κ1) is 11.1. The van der Waals surface area contributed by atoms with Gasteiger partial charge in [0.25, 0.3) is 0 Å². The molecule has 86 valence electrons. The fourth-order valence-electron chi connectivity index (χ4n) is 2.56. The van der Waals surface area contributed by atoms with Crippen LogP contribution in [-0.2, 0) is 4.79 Å². The lowest BCUT2D eigenvalue weighted by Gasteiger charge is -2.28. The van der Waals surface area contributed by atoms with Crippen molar-refractivity contribution in [2.45, 2.75) is 31.6 Å². The van der Waals surface area contributed by atoms with E-state index in [1.54, 1.807) is 6.07 Å². The number of rotatable bonds is 2. The van der Waals surface area contributed by atoms with E-state index in [-0.39, 0.29) is 17.7 Å². The number of carboxylic acid groups (broad SMARTS) is 1. The van der Waals surface area contributed by atoms with Crippen LogP contribution in [0.5, 0.6) is 0 Å². The summed E-state index contributed by atoms with van der Waals surface area (Å²) in [5.41, 5.74) is 0.826. The van der Waals surface area contributed by atoms with Gasteiger partial charge in [-0.25, -0.2) is 4.39 Å². The van der Waals surface area contributed by atoms with E-state index in [4.69, 9.17) is 5.11 Å². The molecule has 0 amide bonds. The highest BCUT2D eigenvalue weighted by Crippen LogP contribution is 2.37. The molecule has 2 nitrogen and oxygen atoms in total. The van der Waals surface area contributed by atoms with Crippen molar-refractivity contribution in [3.8, 4) is 0 Å². The highest BCUT2D eigenvalue weighted by Gasteiger charge is 2.31. The summed E-state index contributed by atoms with van der Waals surface area (Å²) >= 11 is 0. The van der Waals surface area contributed by atoms with Crippen LogP contribution in [0.4, 0.5) is 4.39 Å². The Morgan fingerprint density at radius 1 is 1.31 bits per heavy atom. The van der Waals surface area contributed by atoms with Gasteiger partial charge in [0.15, 0.2) is 0 Å². The molecule has 0 aliphatic heterocycles. The van der Waals surface area contributed by atoms with Crippen LogP contribution in [0.25, 0.3) is 0 Å². The van der Waals surface area contributed by atoms with Gasteiger partial charge in [-0.05, 0) is 36.5 Å². The topological polar surface area (TPSA) is 37.3 Å². The Balaban J connectivity index is 2.26. The van der Waals surface area contributed by atoms with Gasteiger partial charge in [0, 0.05) is 0 Å². The average molecular weight is 222 g/mol. The Labute approximate surface area is 94.1 Å². The molecule has 2 atom stereocenters. The van der Waals surface area contributed by atoms with Gasteiger partial charge < -0.3 is 5.11 Å². The monoisotopic (exact) mass is 222 g/mol. The second-order valence-electron chi connectivity index (χ2n) is 4.39. The summed E-state index contributed by atoms with van der Waals surface area (Å²) in [7, 11) is 0. The van der Waals surface area contributed by atoms with E-state index in [2.05, 4.69) is 0 Å². The lowest BCUT2D eigenvalue weighted by Crippen LogP contribution is -2.25. The number of carbonyl (C=O) groups is 1. The number of benzene rings is 1. The van der Waals surface area contributed by atoms with Crippen molar-refractivity contribution in [1.29, 1.82) is 0 Å². The molecule has 3 heteroatoms. The predicted molar refractivity (Wildman–Crippen MR) is 58.7 cm³/mol. The van der Waals surface area contributed by atoms with E-state index in [0.29, 0.717) is 6.42 Å². The maximum Gasteiger partial charge on any atom is 0.307 e. The van der Waals surface area contributed by atoms with Gasteiger partial charge in [-0.1, -0.05) is 25.0 Å². The Morgan fingerprint density at radius 2 is 2.06 bits per heavy atom. The molecule has 1 saturated carbocycles. The minimum atomic E-state index is -0.756. The number of halogens is 1. The Kier molecular flexibility index (Phi) is 3.22. The summed E-state index contributed by atoms with van der Waals surface area (Å²) in [6.07, 6.45) is 3.55. The molecule has 1 aromatic rings. The first-order valence-electron chi connectivity index (χ1n) is 5.67. The molecule has 0 bridgehead atoms. The predicted octanol–water partition coefficient (Wildman–Crippen LogP) is 3.18. The highest BCUT2D eigenvalue weighted by atomic mass is 19.1. The van der Waals surface area contributed by atoms with Crippen molar-refractivity contribution in [2.75, 3.05) is 0 Å². The molecular weight excluding hydrogens is 207 g/mol. The molecule has 0 spiro atoms. The van der Waals surface area contributed by atoms with E-state index in [9.17, 15) is 9.18 Å². The Hall–Kier alpha value is -1.38. The zero-order chi connectivity index (χ0) is 11.5. The fraction of sp³-hybridized carbons (Fsp3) is 0.462. The molecular formula is C13H15FO2. The highest BCUT2D eigenvalue weighted by molar-refractivity contribution is 5.71. The van der Waals surface area contributed by atoms with Gasteiger partial charge in [-0.3, -0.25) is 4.79 Å². The number of hydrogen-bond acceptors (Lipinski definition) is 1. The van der Waals surface area contributed by atoms with Gasteiger partial charge in [-0.15, -0.1) is 0 Å². The third-order valence-corrected chi connectivity index (χ3v) is 3.36. The first-order chi connectivity index (χ1) is 7.68. The van der Waals surface area contributed by atoms with E-state index >= 15 is 0 Å². The fourth-order valence-corrected chi connectivity index (χ4v) is 2.56. The quantitative estimate of drug-likeness (QED) is 0.834. The maximum absolute atomic E-state index is 13.1. The van der Waals surface area contributed by atoms with Crippen molar-refractivity contribution in [1.82, 2.24) is 0 Å². The largest absolute Gasteiger partial charge is 0.481 e. The van der Waals surface area contributed by atoms with E-state index in [1.165, 1.54) is 12.1 Å². The summed E-state index contributed by atoms with van der Waals surface area (Å²) in [6.45, 7) is 0. The van der Waals surface area contributed by atoms with Crippen LogP contribution in [0.15, 0.2) is 24.3 Å². The van der Waals surface area contributed by atoms with Gasteiger partial charge in [0.2, 0.25) is 0 Å². The normalized spacial score (nSPS) is 25.3. The van der Waals surface area contributed by atoms with Crippen LogP contribution in [0, 0.1) is 11.7 Å². The number of hydrogen-bond donors (Lipinski definition) is 1. The Bertz CT molecular complexity index is 389. The summed E-state index contributed by atoms with van der Waals surface area (Å²) in [5, 5.41) is 9.15. The molecule has 0 unspecified atom stereocenters. The van der Waals surface area contributed by atoms with Crippen molar-refractivity contribution >= 4 is 5.97 Å². The van der Waals surface area contributed by atoms with Crippen molar-refractivity contribution in [3.05, 3.63) is 35.6 Å². The van der Waals surface area contributed by atoms with Gasteiger partial charge in [-0.2, -0.15) is 0 Å².